The highest BCUT2D eigenvalue weighted by atomic mass is 32.1. The van der Waals surface area contributed by atoms with Crippen molar-refractivity contribution in [3.05, 3.63) is 65.4 Å². The number of benzene rings is 1. The van der Waals surface area contributed by atoms with E-state index in [9.17, 15) is 4.79 Å². The van der Waals surface area contributed by atoms with Gasteiger partial charge in [-0.2, -0.15) is 0 Å². The summed E-state index contributed by atoms with van der Waals surface area (Å²) in [5.74, 6) is 0.841. The number of pyridine rings is 1. The molecule has 0 radical (unpaired) electrons. The van der Waals surface area contributed by atoms with Gasteiger partial charge in [0.05, 0.1) is 12.8 Å². The van der Waals surface area contributed by atoms with Crippen LogP contribution in [0.2, 0.25) is 0 Å². The number of rotatable bonds is 7. The quantitative estimate of drug-likeness (QED) is 0.706. The van der Waals surface area contributed by atoms with Gasteiger partial charge < -0.3 is 10.1 Å². The van der Waals surface area contributed by atoms with Gasteiger partial charge in [-0.3, -0.25) is 9.78 Å². The maximum atomic E-state index is 12.0. The van der Waals surface area contributed by atoms with E-state index in [1.807, 2.05) is 41.8 Å². The molecule has 0 fully saturated rings. The number of nitrogens with one attached hydrogen (secondary N) is 1. The molecule has 0 aliphatic heterocycles. The molecule has 1 amide bonds. The molecule has 2 heterocycles. The Morgan fingerprint density at radius 2 is 2.08 bits per heavy atom. The number of carbonyl (C=O) groups is 1. The summed E-state index contributed by atoms with van der Waals surface area (Å²) in [7, 11) is 1.65. The van der Waals surface area contributed by atoms with Gasteiger partial charge in [0.2, 0.25) is 5.91 Å². The van der Waals surface area contributed by atoms with Crippen molar-refractivity contribution in [3.63, 3.8) is 0 Å². The van der Waals surface area contributed by atoms with Crippen molar-refractivity contribution in [3.8, 4) is 16.3 Å². The fourth-order valence-electron chi connectivity index (χ4n) is 2.32. The van der Waals surface area contributed by atoms with Crippen molar-refractivity contribution in [2.45, 2.75) is 19.4 Å². The van der Waals surface area contributed by atoms with E-state index in [0.717, 1.165) is 27.6 Å². The van der Waals surface area contributed by atoms with Crippen LogP contribution in [0.1, 0.15) is 17.7 Å². The van der Waals surface area contributed by atoms with Crippen LogP contribution < -0.4 is 10.1 Å². The van der Waals surface area contributed by atoms with Gasteiger partial charge >= 0.3 is 0 Å². The molecule has 3 rings (SSSR count). The maximum Gasteiger partial charge on any atom is 0.220 e. The predicted octanol–water partition coefficient (Wildman–Crippen LogP) is 3.46. The minimum Gasteiger partial charge on any atom is -0.497 e. The van der Waals surface area contributed by atoms with Gasteiger partial charge in [-0.15, -0.1) is 11.3 Å². The summed E-state index contributed by atoms with van der Waals surface area (Å²) in [6.07, 6.45) is 4.52. The molecule has 0 saturated carbocycles. The lowest BCUT2D eigenvalue weighted by molar-refractivity contribution is -0.121. The number of amides is 1. The molecule has 6 heteroatoms. The first-order valence-corrected chi connectivity index (χ1v) is 8.87. The summed E-state index contributed by atoms with van der Waals surface area (Å²) in [6.45, 7) is 0.501. The van der Waals surface area contributed by atoms with E-state index in [1.165, 1.54) is 0 Å². The topological polar surface area (TPSA) is 64.1 Å². The Kier molecular flexibility index (Phi) is 5.74. The Bertz CT molecular complexity index is 816. The molecule has 0 aliphatic carbocycles. The van der Waals surface area contributed by atoms with E-state index in [4.69, 9.17) is 4.74 Å². The molecule has 3 aromatic rings. The summed E-state index contributed by atoms with van der Waals surface area (Å²) in [5, 5.41) is 5.86. The third-order valence-electron chi connectivity index (χ3n) is 3.71. The van der Waals surface area contributed by atoms with Crippen LogP contribution >= 0.6 is 11.3 Å². The molecule has 0 atom stereocenters. The number of thiazole rings is 1. The highest BCUT2D eigenvalue weighted by molar-refractivity contribution is 7.13. The lowest BCUT2D eigenvalue weighted by Crippen LogP contribution is -2.23. The smallest absolute Gasteiger partial charge is 0.220 e. The monoisotopic (exact) mass is 353 g/mol. The van der Waals surface area contributed by atoms with E-state index in [-0.39, 0.29) is 5.91 Å². The van der Waals surface area contributed by atoms with E-state index in [2.05, 4.69) is 15.3 Å². The van der Waals surface area contributed by atoms with Crippen LogP contribution in [0.5, 0.6) is 5.75 Å². The zero-order valence-corrected chi connectivity index (χ0v) is 14.8. The lowest BCUT2D eigenvalue weighted by Gasteiger charge is -2.04. The van der Waals surface area contributed by atoms with Crippen molar-refractivity contribution >= 4 is 17.2 Å². The van der Waals surface area contributed by atoms with E-state index in [1.54, 1.807) is 30.8 Å². The minimum atomic E-state index is 0.0165. The first-order chi connectivity index (χ1) is 12.2. The second-order valence-electron chi connectivity index (χ2n) is 5.51. The van der Waals surface area contributed by atoms with Gasteiger partial charge in [-0.25, -0.2) is 4.98 Å². The molecule has 5 nitrogen and oxygen atoms in total. The molecule has 25 heavy (non-hydrogen) atoms. The second kappa shape index (κ2) is 8.39. The predicted molar refractivity (Wildman–Crippen MR) is 98.5 cm³/mol. The number of aromatic nitrogens is 2. The van der Waals surface area contributed by atoms with E-state index >= 15 is 0 Å². The Labute approximate surface area is 150 Å². The third kappa shape index (κ3) is 4.87. The Morgan fingerprint density at radius 1 is 1.24 bits per heavy atom. The van der Waals surface area contributed by atoms with Crippen LogP contribution in [-0.4, -0.2) is 23.0 Å². The van der Waals surface area contributed by atoms with Crippen LogP contribution in [0.3, 0.4) is 0 Å². The molecule has 1 aromatic carbocycles. The summed E-state index contributed by atoms with van der Waals surface area (Å²) >= 11 is 1.59. The summed E-state index contributed by atoms with van der Waals surface area (Å²) < 4.78 is 5.16. The fourth-order valence-corrected chi connectivity index (χ4v) is 3.18. The molecular formula is C19H19N3O2S. The van der Waals surface area contributed by atoms with Crippen LogP contribution in [0, 0.1) is 0 Å². The van der Waals surface area contributed by atoms with Gasteiger partial charge in [0, 0.05) is 36.3 Å². The first kappa shape index (κ1) is 17.1. The van der Waals surface area contributed by atoms with Gasteiger partial charge in [0.15, 0.2) is 0 Å². The van der Waals surface area contributed by atoms with Gasteiger partial charge in [0.1, 0.15) is 10.8 Å². The maximum absolute atomic E-state index is 12.0. The molecule has 1 N–H and O–H groups in total. The third-order valence-corrected chi connectivity index (χ3v) is 4.65. The average Bonchev–Trinajstić information content (AvgIpc) is 3.14. The SMILES string of the molecule is COc1ccc(-c2nc(CCC(=O)NCc3cccnc3)cs2)cc1. The summed E-state index contributed by atoms with van der Waals surface area (Å²) in [6, 6.07) is 11.6. The van der Waals surface area contributed by atoms with Gasteiger partial charge in [-0.05, 0) is 42.3 Å². The number of ether oxygens (including phenoxy) is 1. The standard InChI is InChI=1S/C19H19N3O2S/c1-24-17-7-4-15(5-8-17)19-22-16(13-25-19)6-9-18(23)21-12-14-3-2-10-20-11-14/h2-5,7-8,10-11,13H,6,9,12H2,1H3,(H,21,23). The van der Waals surface area contributed by atoms with Crippen LogP contribution in [0.15, 0.2) is 54.2 Å². The second-order valence-corrected chi connectivity index (χ2v) is 6.37. The van der Waals surface area contributed by atoms with Crippen molar-refractivity contribution in [1.29, 1.82) is 0 Å². The lowest BCUT2D eigenvalue weighted by atomic mass is 10.2. The Balaban J connectivity index is 1.50. The molecule has 128 valence electrons. The summed E-state index contributed by atoms with van der Waals surface area (Å²) in [5.41, 5.74) is 2.98. The molecular weight excluding hydrogens is 334 g/mol. The van der Waals surface area contributed by atoms with Crippen molar-refractivity contribution in [2.24, 2.45) is 0 Å². The average molecular weight is 353 g/mol. The zero-order chi connectivity index (χ0) is 17.5. The molecule has 0 aliphatic rings. The normalized spacial score (nSPS) is 10.4. The van der Waals surface area contributed by atoms with Crippen LogP contribution in [0.25, 0.3) is 10.6 Å². The molecule has 0 spiro atoms. The first-order valence-electron chi connectivity index (χ1n) is 7.99. The highest BCUT2D eigenvalue weighted by Gasteiger charge is 2.08. The van der Waals surface area contributed by atoms with Crippen molar-refractivity contribution in [2.75, 3.05) is 7.11 Å². The number of nitrogens with zero attached hydrogens (tertiary/aromatic N) is 2. The zero-order valence-electron chi connectivity index (χ0n) is 13.9. The summed E-state index contributed by atoms with van der Waals surface area (Å²) in [4.78, 5) is 20.6. The highest BCUT2D eigenvalue weighted by Crippen LogP contribution is 2.26. The van der Waals surface area contributed by atoms with Gasteiger partial charge in [-0.1, -0.05) is 6.07 Å². The van der Waals surface area contributed by atoms with Gasteiger partial charge in [0.25, 0.3) is 0 Å². The largest absolute Gasteiger partial charge is 0.497 e. The molecule has 0 bridgehead atoms. The Hall–Kier alpha value is -2.73. The van der Waals surface area contributed by atoms with Crippen molar-refractivity contribution in [1.82, 2.24) is 15.3 Å². The van der Waals surface area contributed by atoms with E-state index < -0.39 is 0 Å². The number of hydrogen-bond acceptors (Lipinski definition) is 5. The molecule has 0 unspecified atom stereocenters. The minimum absolute atomic E-state index is 0.0165. The number of carbonyl (C=O) groups excluding carboxylic acids is 1. The van der Waals surface area contributed by atoms with E-state index in [0.29, 0.717) is 19.4 Å². The van der Waals surface area contributed by atoms with Crippen LogP contribution in [0.4, 0.5) is 0 Å². The fraction of sp³-hybridized carbons (Fsp3) is 0.211. The molecule has 2 aromatic heterocycles. The molecule has 0 saturated heterocycles. The number of methoxy groups -OCH3 is 1. The van der Waals surface area contributed by atoms with Crippen LogP contribution in [-0.2, 0) is 17.8 Å². The number of hydrogen-bond donors (Lipinski definition) is 1. The van der Waals surface area contributed by atoms with Crippen molar-refractivity contribution < 1.29 is 9.53 Å². The Morgan fingerprint density at radius 3 is 2.80 bits per heavy atom. The number of aryl methyl sites for hydroxylation is 1.